The summed E-state index contributed by atoms with van der Waals surface area (Å²) in [7, 11) is -3.06. The third-order valence-electron chi connectivity index (χ3n) is 8.23. The lowest BCUT2D eigenvalue weighted by atomic mass is 10.1. The maximum Gasteiger partial charge on any atom is 0.171 e. The van der Waals surface area contributed by atoms with Gasteiger partial charge in [-0.1, -0.05) is 109 Å². The van der Waals surface area contributed by atoms with Crippen molar-refractivity contribution in [3.63, 3.8) is 0 Å². The normalized spacial score (nSPS) is 11.9. The van der Waals surface area contributed by atoms with Crippen LogP contribution in [0.1, 0.15) is 0 Å². The molecular formula is C38H27N2OP. The van der Waals surface area contributed by atoms with Crippen molar-refractivity contribution in [2.45, 2.75) is 0 Å². The van der Waals surface area contributed by atoms with Gasteiger partial charge >= 0.3 is 0 Å². The highest BCUT2D eigenvalue weighted by Gasteiger charge is 2.29. The van der Waals surface area contributed by atoms with Crippen molar-refractivity contribution in [3.8, 4) is 11.4 Å². The first kappa shape index (κ1) is 24.7. The zero-order valence-electron chi connectivity index (χ0n) is 22.8. The SMILES string of the molecule is O=P(c1ccccc1)(c1ccccc1)c1ccc(-n2c3ccccc3c3ccc4ccn(-c5ccccc5)c4c32)cc1. The van der Waals surface area contributed by atoms with E-state index in [0.29, 0.717) is 0 Å². The van der Waals surface area contributed by atoms with Gasteiger partial charge in [0.05, 0.1) is 16.6 Å². The van der Waals surface area contributed by atoms with Gasteiger partial charge in [0.25, 0.3) is 0 Å². The van der Waals surface area contributed by atoms with Gasteiger partial charge < -0.3 is 13.7 Å². The molecule has 0 spiro atoms. The fourth-order valence-corrected chi connectivity index (χ4v) is 8.93. The summed E-state index contributed by atoms with van der Waals surface area (Å²) in [6, 6.07) is 53.7. The van der Waals surface area contributed by atoms with Crippen LogP contribution in [0.4, 0.5) is 0 Å². The third kappa shape index (κ3) is 3.71. The van der Waals surface area contributed by atoms with Gasteiger partial charge in [0.2, 0.25) is 0 Å². The Kier molecular flexibility index (Phi) is 5.73. The number of aromatic nitrogens is 2. The van der Waals surface area contributed by atoms with E-state index in [1.54, 1.807) is 0 Å². The summed E-state index contributed by atoms with van der Waals surface area (Å²) in [5, 5.41) is 6.09. The van der Waals surface area contributed by atoms with Gasteiger partial charge in [0, 0.05) is 49.6 Å². The average molecular weight is 559 g/mol. The second-order valence-corrected chi connectivity index (χ2v) is 13.3. The lowest BCUT2D eigenvalue weighted by Gasteiger charge is -2.20. The van der Waals surface area contributed by atoms with E-state index in [0.717, 1.165) is 38.3 Å². The molecule has 0 aliphatic rings. The number of para-hydroxylation sites is 2. The van der Waals surface area contributed by atoms with E-state index in [-0.39, 0.29) is 0 Å². The smallest absolute Gasteiger partial charge is 0.171 e. The molecule has 4 heteroatoms. The summed E-state index contributed by atoms with van der Waals surface area (Å²) in [6.07, 6.45) is 2.15. The number of hydrogen-bond donors (Lipinski definition) is 0. The van der Waals surface area contributed by atoms with Crippen LogP contribution >= 0.6 is 7.14 Å². The molecule has 0 radical (unpaired) electrons. The van der Waals surface area contributed by atoms with Gasteiger partial charge in [-0.2, -0.15) is 0 Å². The summed E-state index contributed by atoms with van der Waals surface area (Å²) in [5.41, 5.74) is 5.62. The van der Waals surface area contributed by atoms with Crippen LogP contribution in [0.5, 0.6) is 0 Å². The zero-order valence-corrected chi connectivity index (χ0v) is 23.7. The molecule has 6 aromatic carbocycles. The monoisotopic (exact) mass is 558 g/mol. The molecule has 0 saturated heterocycles. The molecule has 200 valence electrons. The quantitative estimate of drug-likeness (QED) is 0.195. The van der Waals surface area contributed by atoms with Crippen molar-refractivity contribution in [1.29, 1.82) is 0 Å². The minimum absolute atomic E-state index is 0.822. The van der Waals surface area contributed by atoms with Crippen LogP contribution in [0.2, 0.25) is 0 Å². The molecule has 3 nitrogen and oxygen atoms in total. The second kappa shape index (κ2) is 9.76. The molecule has 0 aliphatic heterocycles. The molecule has 42 heavy (non-hydrogen) atoms. The van der Waals surface area contributed by atoms with Gasteiger partial charge in [0.1, 0.15) is 0 Å². The van der Waals surface area contributed by atoms with Gasteiger partial charge in [-0.3, -0.25) is 0 Å². The Labute approximate surface area is 244 Å². The standard InChI is InChI=1S/C38H27N2OP/c41-42(31-14-6-2-7-15-31,32-16-8-3-9-17-32)33-23-21-30(22-24-33)40-36-19-11-10-18-34(36)35-25-20-28-26-27-39(37(28)38(35)40)29-12-4-1-5-13-29/h1-27H. The summed E-state index contributed by atoms with van der Waals surface area (Å²) < 4.78 is 19.6. The van der Waals surface area contributed by atoms with Crippen LogP contribution in [0, 0.1) is 0 Å². The molecule has 8 rings (SSSR count). The molecule has 0 amide bonds. The summed E-state index contributed by atoms with van der Waals surface area (Å²) in [4.78, 5) is 0. The summed E-state index contributed by atoms with van der Waals surface area (Å²) in [6.45, 7) is 0. The molecule has 0 N–H and O–H groups in total. The van der Waals surface area contributed by atoms with Crippen molar-refractivity contribution in [2.75, 3.05) is 0 Å². The Bertz CT molecular complexity index is 2200. The largest absolute Gasteiger partial charge is 0.315 e. The molecular weight excluding hydrogens is 531 g/mol. The number of nitrogens with zero attached hydrogens (tertiary/aromatic N) is 2. The Morgan fingerprint density at radius 1 is 0.429 bits per heavy atom. The predicted octanol–water partition coefficient (Wildman–Crippen LogP) is 8.37. The summed E-state index contributed by atoms with van der Waals surface area (Å²) in [5.74, 6) is 0. The molecule has 8 aromatic rings. The lowest BCUT2D eigenvalue weighted by Crippen LogP contribution is -2.24. The maximum atomic E-state index is 15.0. The van der Waals surface area contributed by atoms with Gasteiger partial charge in [-0.25, -0.2) is 0 Å². The maximum absolute atomic E-state index is 15.0. The predicted molar refractivity (Wildman–Crippen MR) is 177 cm³/mol. The van der Waals surface area contributed by atoms with Crippen molar-refractivity contribution in [1.82, 2.24) is 9.13 Å². The van der Waals surface area contributed by atoms with Crippen LogP contribution in [0.3, 0.4) is 0 Å². The fourth-order valence-electron chi connectivity index (χ4n) is 6.28. The Morgan fingerprint density at radius 2 is 1.00 bits per heavy atom. The highest BCUT2D eigenvalue weighted by atomic mass is 31.2. The Morgan fingerprint density at radius 3 is 1.67 bits per heavy atom. The highest BCUT2D eigenvalue weighted by molar-refractivity contribution is 7.85. The van der Waals surface area contributed by atoms with Gasteiger partial charge in [0.15, 0.2) is 7.14 Å². The third-order valence-corrected chi connectivity index (χ3v) is 11.3. The average Bonchev–Trinajstić information content (AvgIpc) is 3.65. The number of fused-ring (bicyclic) bond motifs is 5. The van der Waals surface area contributed by atoms with E-state index >= 15 is 0 Å². The van der Waals surface area contributed by atoms with Gasteiger partial charge in [-0.15, -0.1) is 0 Å². The first-order chi connectivity index (χ1) is 20.7. The van der Waals surface area contributed by atoms with E-state index < -0.39 is 7.14 Å². The number of benzene rings is 6. The van der Waals surface area contributed by atoms with Gasteiger partial charge in [-0.05, 0) is 48.5 Å². The Hall–Kier alpha value is -5.11. The first-order valence-electron chi connectivity index (χ1n) is 14.1. The molecule has 0 aliphatic carbocycles. The molecule has 2 aromatic heterocycles. The number of hydrogen-bond acceptors (Lipinski definition) is 1. The molecule has 0 saturated carbocycles. The topological polar surface area (TPSA) is 26.9 Å². The molecule has 0 unspecified atom stereocenters. The van der Waals surface area contributed by atoms with Crippen LogP contribution in [-0.2, 0) is 4.57 Å². The number of rotatable bonds is 5. The van der Waals surface area contributed by atoms with E-state index in [1.165, 1.54) is 21.7 Å². The highest BCUT2D eigenvalue weighted by Crippen LogP contribution is 2.43. The van der Waals surface area contributed by atoms with Crippen molar-refractivity contribution < 1.29 is 4.57 Å². The van der Waals surface area contributed by atoms with Crippen molar-refractivity contribution in [2.24, 2.45) is 0 Å². The van der Waals surface area contributed by atoms with Crippen molar-refractivity contribution in [3.05, 3.63) is 164 Å². The molecule has 0 fully saturated rings. The molecule has 2 heterocycles. The fraction of sp³-hybridized carbons (Fsp3) is 0. The van der Waals surface area contributed by atoms with Crippen LogP contribution in [0.15, 0.2) is 164 Å². The van der Waals surface area contributed by atoms with Crippen LogP contribution in [0.25, 0.3) is 44.1 Å². The lowest BCUT2D eigenvalue weighted by molar-refractivity contribution is 0.592. The molecule has 0 atom stereocenters. The zero-order chi connectivity index (χ0) is 28.1. The van der Waals surface area contributed by atoms with E-state index in [9.17, 15) is 4.57 Å². The van der Waals surface area contributed by atoms with Crippen LogP contribution in [-0.4, -0.2) is 9.13 Å². The summed E-state index contributed by atoms with van der Waals surface area (Å²) >= 11 is 0. The van der Waals surface area contributed by atoms with E-state index in [2.05, 4.69) is 94.2 Å². The van der Waals surface area contributed by atoms with Crippen LogP contribution < -0.4 is 15.9 Å². The first-order valence-corrected chi connectivity index (χ1v) is 15.8. The molecule has 0 bridgehead atoms. The van der Waals surface area contributed by atoms with Crippen molar-refractivity contribution >= 4 is 55.8 Å². The minimum Gasteiger partial charge on any atom is -0.315 e. The second-order valence-electron chi connectivity index (χ2n) is 10.6. The Balaban J connectivity index is 1.38. The minimum atomic E-state index is -3.06. The van der Waals surface area contributed by atoms with E-state index in [4.69, 9.17) is 0 Å². The van der Waals surface area contributed by atoms with E-state index in [1.807, 2.05) is 78.9 Å².